The zero-order chi connectivity index (χ0) is 10.2. The predicted molar refractivity (Wildman–Crippen MR) is 64.2 cm³/mol. The third kappa shape index (κ3) is 2.07. The van der Waals surface area contributed by atoms with Crippen molar-refractivity contribution in [2.75, 3.05) is 6.17 Å². The Kier molecular flexibility index (Phi) is 2.50. The van der Waals surface area contributed by atoms with E-state index in [1.807, 2.05) is 0 Å². The first-order valence-corrected chi connectivity index (χ1v) is 9.08. The summed E-state index contributed by atoms with van der Waals surface area (Å²) in [6, 6.07) is 9.40. The highest BCUT2D eigenvalue weighted by molar-refractivity contribution is 6.76. The van der Waals surface area contributed by atoms with Crippen molar-refractivity contribution in [3.63, 3.8) is 0 Å². The smallest absolute Gasteiger partial charge is 0.0596 e. The highest BCUT2D eigenvalue weighted by Gasteiger charge is 2.26. The molecule has 1 aromatic rings. The number of benzene rings is 1. The van der Waals surface area contributed by atoms with Gasteiger partial charge in [-0.3, -0.25) is 0 Å². The normalized spacial score (nSPS) is 20.1. The first-order chi connectivity index (χ1) is 6.56. The summed E-state index contributed by atoms with van der Waals surface area (Å²) in [6.07, 6.45) is 2.45. The molecule has 0 aromatic heterocycles. The van der Waals surface area contributed by atoms with Gasteiger partial charge in [0.2, 0.25) is 0 Å². The molecule has 76 valence electrons. The minimum Gasteiger partial charge on any atom is -0.312 e. The highest BCUT2D eigenvalue weighted by Crippen LogP contribution is 2.32. The molecule has 0 heterocycles. The Bertz CT molecular complexity index is 327. The zero-order valence-corrected chi connectivity index (χ0v) is 10.3. The summed E-state index contributed by atoms with van der Waals surface area (Å²) in [6.45, 7) is 7.22. The topological polar surface area (TPSA) is 12.0 Å². The molecular formula is C12H19NSi. The van der Waals surface area contributed by atoms with Crippen molar-refractivity contribution < 1.29 is 0 Å². The van der Waals surface area contributed by atoms with Gasteiger partial charge in [-0.15, -0.1) is 0 Å². The first-order valence-electron chi connectivity index (χ1n) is 5.37. The van der Waals surface area contributed by atoms with E-state index in [2.05, 4.69) is 49.2 Å². The van der Waals surface area contributed by atoms with Crippen molar-refractivity contribution in [2.45, 2.75) is 32.1 Å². The molecule has 0 radical (unpaired) electrons. The van der Waals surface area contributed by atoms with E-state index in [1.165, 1.54) is 23.7 Å². The van der Waals surface area contributed by atoms with E-state index >= 15 is 0 Å². The molecule has 1 aliphatic carbocycles. The minimum atomic E-state index is -0.935. The molecule has 0 fully saturated rings. The second-order valence-electron chi connectivity index (χ2n) is 5.40. The summed E-state index contributed by atoms with van der Waals surface area (Å²) in [7, 11) is -0.935. The largest absolute Gasteiger partial charge is 0.312 e. The number of hydrogen-bond acceptors (Lipinski definition) is 1. The van der Waals surface area contributed by atoms with Gasteiger partial charge < -0.3 is 5.32 Å². The van der Waals surface area contributed by atoms with Gasteiger partial charge in [-0.05, 0) is 23.7 Å². The van der Waals surface area contributed by atoms with Gasteiger partial charge in [-0.1, -0.05) is 43.9 Å². The lowest BCUT2D eigenvalue weighted by Gasteiger charge is -2.33. The Labute approximate surface area is 87.5 Å². The van der Waals surface area contributed by atoms with Gasteiger partial charge in [0, 0.05) is 6.04 Å². The van der Waals surface area contributed by atoms with Crippen LogP contribution < -0.4 is 5.32 Å². The Hall–Kier alpha value is -0.603. The molecule has 1 aromatic carbocycles. The fourth-order valence-corrected chi connectivity index (χ4v) is 2.73. The van der Waals surface area contributed by atoms with E-state index in [4.69, 9.17) is 0 Å². The number of nitrogens with one attached hydrogen (secondary N) is 1. The van der Waals surface area contributed by atoms with Crippen molar-refractivity contribution >= 4 is 8.07 Å². The Morgan fingerprint density at radius 1 is 1.29 bits per heavy atom. The summed E-state index contributed by atoms with van der Waals surface area (Å²) < 4.78 is 0. The lowest BCUT2D eigenvalue weighted by Crippen LogP contribution is -2.41. The zero-order valence-electron chi connectivity index (χ0n) is 9.30. The van der Waals surface area contributed by atoms with Crippen LogP contribution in [0.4, 0.5) is 0 Å². The van der Waals surface area contributed by atoms with Gasteiger partial charge >= 0.3 is 0 Å². The van der Waals surface area contributed by atoms with Crippen molar-refractivity contribution in [3.05, 3.63) is 35.4 Å². The predicted octanol–water partition coefficient (Wildman–Crippen LogP) is 2.75. The average molecular weight is 205 g/mol. The van der Waals surface area contributed by atoms with Crippen LogP contribution in [-0.2, 0) is 6.42 Å². The van der Waals surface area contributed by atoms with Crippen molar-refractivity contribution in [3.8, 4) is 0 Å². The van der Waals surface area contributed by atoms with Gasteiger partial charge in [0.15, 0.2) is 0 Å². The molecule has 0 aliphatic heterocycles. The number of rotatable bonds is 3. The molecule has 1 unspecified atom stereocenters. The lowest BCUT2D eigenvalue weighted by atomic mass is 9.84. The van der Waals surface area contributed by atoms with Crippen LogP contribution in [0.5, 0.6) is 0 Å². The van der Waals surface area contributed by atoms with E-state index in [0.29, 0.717) is 6.04 Å². The molecule has 2 rings (SSSR count). The van der Waals surface area contributed by atoms with Gasteiger partial charge in [-0.2, -0.15) is 0 Å². The summed E-state index contributed by atoms with van der Waals surface area (Å²) in [5.74, 6) is 0. The van der Waals surface area contributed by atoms with Gasteiger partial charge in [0.1, 0.15) is 0 Å². The van der Waals surface area contributed by atoms with Gasteiger partial charge in [0.05, 0.1) is 8.07 Å². The molecule has 1 nitrogen and oxygen atoms in total. The van der Waals surface area contributed by atoms with Crippen LogP contribution in [0.3, 0.4) is 0 Å². The molecule has 0 spiro atoms. The number of hydrogen-bond donors (Lipinski definition) is 1. The number of fused-ring (bicyclic) bond motifs is 1. The molecule has 14 heavy (non-hydrogen) atoms. The monoisotopic (exact) mass is 205 g/mol. The third-order valence-electron chi connectivity index (χ3n) is 2.73. The summed E-state index contributed by atoms with van der Waals surface area (Å²) in [4.78, 5) is 0. The molecule has 0 amide bonds. The molecular weight excluding hydrogens is 186 g/mol. The van der Waals surface area contributed by atoms with Crippen LogP contribution in [0.1, 0.15) is 17.2 Å². The van der Waals surface area contributed by atoms with Crippen LogP contribution in [0, 0.1) is 0 Å². The van der Waals surface area contributed by atoms with Crippen molar-refractivity contribution in [2.24, 2.45) is 0 Å². The third-order valence-corrected chi connectivity index (χ3v) is 4.00. The standard InChI is InChI=1S/C12H19NSi/c1-14(2,3)9-13-12-8-10-6-4-5-7-11(10)12/h4-7,12-13H,8-9H2,1-3H3. The first kappa shape index (κ1) is 9.93. The summed E-state index contributed by atoms with van der Waals surface area (Å²) in [5.41, 5.74) is 3.05. The van der Waals surface area contributed by atoms with E-state index in [0.717, 1.165) is 0 Å². The van der Waals surface area contributed by atoms with E-state index < -0.39 is 8.07 Å². The van der Waals surface area contributed by atoms with Gasteiger partial charge in [0.25, 0.3) is 0 Å². The lowest BCUT2D eigenvalue weighted by molar-refractivity contribution is 0.515. The fraction of sp³-hybridized carbons (Fsp3) is 0.500. The van der Waals surface area contributed by atoms with Crippen LogP contribution in [0.25, 0.3) is 0 Å². The second-order valence-corrected chi connectivity index (χ2v) is 10.9. The van der Waals surface area contributed by atoms with E-state index in [9.17, 15) is 0 Å². The molecule has 2 heteroatoms. The summed E-state index contributed by atoms with van der Waals surface area (Å²) in [5, 5.41) is 3.68. The molecule has 0 saturated heterocycles. The molecule has 1 N–H and O–H groups in total. The molecule has 0 bridgehead atoms. The maximum atomic E-state index is 3.68. The summed E-state index contributed by atoms with van der Waals surface area (Å²) >= 11 is 0. The second kappa shape index (κ2) is 3.52. The van der Waals surface area contributed by atoms with Crippen LogP contribution in [0.2, 0.25) is 19.6 Å². The van der Waals surface area contributed by atoms with Crippen molar-refractivity contribution in [1.82, 2.24) is 5.32 Å². The molecule has 0 saturated carbocycles. The quantitative estimate of drug-likeness (QED) is 0.748. The SMILES string of the molecule is C[Si](C)(C)CNC1Cc2ccccc21. The van der Waals surface area contributed by atoms with Gasteiger partial charge in [-0.25, -0.2) is 0 Å². The molecule has 1 atom stereocenters. The van der Waals surface area contributed by atoms with E-state index in [-0.39, 0.29) is 0 Å². The van der Waals surface area contributed by atoms with Crippen LogP contribution in [0.15, 0.2) is 24.3 Å². The Morgan fingerprint density at radius 2 is 2.00 bits per heavy atom. The molecule has 1 aliphatic rings. The maximum Gasteiger partial charge on any atom is 0.0596 e. The minimum absolute atomic E-state index is 0.637. The Balaban J connectivity index is 1.93. The average Bonchev–Trinajstić information content (AvgIpc) is 2.04. The van der Waals surface area contributed by atoms with Crippen molar-refractivity contribution in [1.29, 1.82) is 0 Å². The maximum absolute atomic E-state index is 3.68. The van der Waals surface area contributed by atoms with Crippen LogP contribution >= 0.6 is 0 Å². The fourth-order valence-electron chi connectivity index (χ4n) is 1.87. The highest BCUT2D eigenvalue weighted by atomic mass is 28.3. The Morgan fingerprint density at radius 3 is 2.64 bits per heavy atom. The van der Waals surface area contributed by atoms with Crippen LogP contribution in [-0.4, -0.2) is 14.2 Å². The van der Waals surface area contributed by atoms with E-state index in [1.54, 1.807) is 0 Å².